The minimum Gasteiger partial charge on any atom is -0.378 e. The number of hydrogen-bond acceptors (Lipinski definition) is 4. The number of nitrogens with two attached hydrogens (primary N) is 1. The first-order valence-corrected chi connectivity index (χ1v) is 6.43. The van der Waals surface area contributed by atoms with E-state index in [9.17, 15) is 0 Å². The largest absolute Gasteiger partial charge is 0.378 e. The molecule has 1 saturated heterocycles. The summed E-state index contributed by atoms with van der Waals surface area (Å²) in [7, 11) is 0. The van der Waals surface area contributed by atoms with Gasteiger partial charge in [-0.25, -0.2) is 0 Å². The molecule has 2 rings (SSSR count). The number of anilines is 1. The molecule has 88 valence electrons. The van der Waals surface area contributed by atoms with Crippen LogP contribution in [0, 0.1) is 0 Å². The molecule has 16 heavy (non-hydrogen) atoms. The first-order chi connectivity index (χ1) is 7.75. The lowest BCUT2D eigenvalue weighted by atomic mass is 10.3. The van der Waals surface area contributed by atoms with E-state index in [2.05, 4.69) is 23.1 Å². The molecule has 0 spiro atoms. The summed E-state index contributed by atoms with van der Waals surface area (Å²) in [6, 6.07) is 4.44. The molecule has 1 atom stereocenters. The van der Waals surface area contributed by atoms with E-state index >= 15 is 0 Å². The van der Waals surface area contributed by atoms with Crippen molar-refractivity contribution in [3.8, 4) is 0 Å². The van der Waals surface area contributed by atoms with Crippen molar-refractivity contribution in [1.82, 2.24) is 0 Å². The smallest absolute Gasteiger partial charge is 0.0916 e. The summed E-state index contributed by atoms with van der Waals surface area (Å²) < 4.78 is 5.34. The van der Waals surface area contributed by atoms with Crippen LogP contribution in [0.3, 0.4) is 0 Å². The summed E-state index contributed by atoms with van der Waals surface area (Å²) in [5, 5.41) is 1.33. The average molecular weight is 238 g/mol. The number of rotatable bonds is 3. The number of morpholine rings is 1. The van der Waals surface area contributed by atoms with Crippen molar-refractivity contribution in [3.63, 3.8) is 0 Å². The fraction of sp³-hybridized carbons (Fsp3) is 0.500. The van der Waals surface area contributed by atoms with Gasteiger partial charge in [0, 0.05) is 24.0 Å². The second-order valence-electron chi connectivity index (χ2n) is 3.99. The van der Waals surface area contributed by atoms with Crippen LogP contribution in [0.2, 0.25) is 0 Å². The van der Waals surface area contributed by atoms with Gasteiger partial charge in [0.1, 0.15) is 0 Å². The Morgan fingerprint density at radius 1 is 1.44 bits per heavy atom. The summed E-state index contributed by atoms with van der Waals surface area (Å²) >= 11 is 1.81. The number of thiophene rings is 1. The number of ether oxygens (including phenoxy) is 1. The Morgan fingerprint density at radius 2 is 2.19 bits per heavy atom. The third kappa shape index (κ3) is 3.07. The quantitative estimate of drug-likeness (QED) is 0.874. The van der Waals surface area contributed by atoms with Crippen LogP contribution < -0.4 is 10.6 Å². The highest BCUT2D eigenvalue weighted by atomic mass is 32.1. The lowest BCUT2D eigenvalue weighted by molar-refractivity contribution is 0.123. The SMILES string of the molecule is CC(N)/C=C/c1ccc(N2CCOCC2)s1. The van der Waals surface area contributed by atoms with Crippen molar-refractivity contribution in [2.75, 3.05) is 31.2 Å². The van der Waals surface area contributed by atoms with Crippen molar-refractivity contribution in [2.45, 2.75) is 13.0 Å². The zero-order valence-corrected chi connectivity index (χ0v) is 10.4. The molecule has 1 aromatic rings. The van der Waals surface area contributed by atoms with E-state index in [-0.39, 0.29) is 6.04 Å². The van der Waals surface area contributed by atoms with Gasteiger partial charge in [-0.1, -0.05) is 6.08 Å². The lowest BCUT2D eigenvalue weighted by Crippen LogP contribution is -2.35. The third-order valence-electron chi connectivity index (χ3n) is 2.50. The molecule has 0 amide bonds. The number of hydrogen-bond donors (Lipinski definition) is 1. The topological polar surface area (TPSA) is 38.5 Å². The zero-order chi connectivity index (χ0) is 11.4. The van der Waals surface area contributed by atoms with Gasteiger partial charge in [-0.05, 0) is 25.1 Å². The maximum atomic E-state index is 5.68. The third-order valence-corrected chi connectivity index (χ3v) is 3.61. The zero-order valence-electron chi connectivity index (χ0n) is 9.56. The van der Waals surface area contributed by atoms with Gasteiger partial charge in [0.05, 0.1) is 18.2 Å². The molecular formula is C12H18N2OS. The Hall–Kier alpha value is -0.840. The van der Waals surface area contributed by atoms with Crippen molar-refractivity contribution >= 4 is 22.4 Å². The lowest BCUT2D eigenvalue weighted by Gasteiger charge is -2.27. The summed E-state index contributed by atoms with van der Waals surface area (Å²) in [5.41, 5.74) is 5.68. The van der Waals surface area contributed by atoms with Gasteiger partial charge in [-0.2, -0.15) is 0 Å². The van der Waals surface area contributed by atoms with Gasteiger partial charge in [0.2, 0.25) is 0 Å². The molecule has 1 aromatic heterocycles. The van der Waals surface area contributed by atoms with Gasteiger partial charge in [0.25, 0.3) is 0 Å². The van der Waals surface area contributed by atoms with Crippen LogP contribution in [-0.4, -0.2) is 32.3 Å². The summed E-state index contributed by atoms with van der Waals surface area (Å²) in [5.74, 6) is 0. The molecule has 0 bridgehead atoms. The molecule has 0 aliphatic carbocycles. The summed E-state index contributed by atoms with van der Waals surface area (Å²) in [6.45, 7) is 5.65. The van der Waals surface area contributed by atoms with Crippen LogP contribution in [-0.2, 0) is 4.74 Å². The molecule has 3 nitrogen and oxygen atoms in total. The minimum absolute atomic E-state index is 0.119. The summed E-state index contributed by atoms with van der Waals surface area (Å²) in [6.07, 6.45) is 4.12. The predicted octanol–water partition coefficient (Wildman–Crippen LogP) is 1.95. The van der Waals surface area contributed by atoms with Crippen LogP contribution in [0.4, 0.5) is 5.00 Å². The highest BCUT2D eigenvalue weighted by molar-refractivity contribution is 7.16. The van der Waals surface area contributed by atoms with Crippen LogP contribution in [0.1, 0.15) is 11.8 Å². The standard InChI is InChI=1S/C12H18N2OS/c1-10(13)2-3-11-4-5-12(16-11)14-6-8-15-9-7-14/h2-5,10H,6-9,13H2,1H3/b3-2+. The molecule has 4 heteroatoms. The molecule has 1 aliphatic rings. The van der Waals surface area contributed by atoms with Gasteiger partial charge in [-0.3, -0.25) is 0 Å². The van der Waals surface area contributed by atoms with Crippen LogP contribution >= 0.6 is 11.3 Å². The molecule has 0 radical (unpaired) electrons. The van der Waals surface area contributed by atoms with Crippen molar-refractivity contribution < 1.29 is 4.74 Å². The van der Waals surface area contributed by atoms with Gasteiger partial charge in [-0.15, -0.1) is 11.3 Å². The van der Waals surface area contributed by atoms with Gasteiger partial charge < -0.3 is 15.4 Å². The van der Waals surface area contributed by atoms with E-state index in [1.807, 2.05) is 24.3 Å². The Kier molecular flexibility index (Phi) is 3.98. The predicted molar refractivity (Wildman–Crippen MR) is 70.0 cm³/mol. The fourth-order valence-electron chi connectivity index (χ4n) is 1.63. The molecule has 1 aliphatic heterocycles. The Labute approximate surface area is 101 Å². The maximum absolute atomic E-state index is 5.68. The first-order valence-electron chi connectivity index (χ1n) is 5.62. The second-order valence-corrected chi connectivity index (χ2v) is 5.09. The van der Waals surface area contributed by atoms with E-state index < -0.39 is 0 Å². The molecule has 2 N–H and O–H groups in total. The van der Waals surface area contributed by atoms with Crippen LogP contribution in [0.15, 0.2) is 18.2 Å². The molecule has 1 unspecified atom stereocenters. The minimum atomic E-state index is 0.119. The first kappa shape index (κ1) is 11.6. The second kappa shape index (κ2) is 5.48. The number of nitrogens with zero attached hydrogens (tertiary/aromatic N) is 1. The van der Waals surface area contributed by atoms with E-state index in [0.29, 0.717) is 0 Å². The van der Waals surface area contributed by atoms with Crippen molar-refractivity contribution in [2.24, 2.45) is 5.73 Å². The molecule has 1 fully saturated rings. The average Bonchev–Trinajstić information content (AvgIpc) is 2.76. The Bertz CT molecular complexity index is 354. The maximum Gasteiger partial charge on any atom is 0.0916 e. The monoisotopic (exact) mass is 238 g/mol. The van der Waals surface area contributed by atoms with Crippen molar-refractivity contribution in [1.29, 1.82) is 0 Å². The highest BCUT2D eigenvalue weighted by Gasteiger charge is 2.12. The molecule has 2 heterocycles. The summed E-state index contributed by atoms with van der Waals surface area (Å²) in [4.78, 5) is 3.64. The highest BCUT2D eigenvalue weighted by Crippen LogP contribution is 2.27. The van der Waals surface area contributed by atoms with Crippen LogP contribution in [0.5, 0.6) is 0 Å². The molecular weight excluding hydrogens is 220 g/mol. The molecule has 0 saturated carbocycles. The Balaban J connectivity index is 2.01. The Morgan fingerprint density at radius 3 is 2.88 bits per heavy atom. The fourth-order valence-corrected chi connectivity index (χ4v) is 2.60. The van der Waals surface area contributed by atoms with E-state index in [4.69, 9.17) is 10.5 Å². The van der Waals surface area contributed by atoms with Crippen molar-refractivity contribution in [3.05, 3.63) is 23.1 Å². The molecule has 0 aromatic carbocycles. The normalized spacial score (nSPS) is 19.2. The van der Waals surface area contributed by atoms with Gasteiger partial charge >= 0.3 is 0 Å². The van der Waals surface area contributed by atoms with Crippen LogP contribution in [0.25, 0.3) is 6.08 Å². The van der Waals surface area contributed by atoms with Gasteiger partial charge in [0.15, 0.2) is 0 Å². The van der Waals surface area contributed by atoms with E-state index in [1.165, 1.54) is 9.88 Å². The van der Waals surface area contributed by atoms with E-state index in [0.717, 1.165) is 26.3 Å². The van der Waals surface area contributed by atoms with E-state index in [1.54, 1.807) is 0 Å².